The van der Waals surface area contributed by atoms with Crippen LogP contribution >= 0.6 is 11.6 Å². The molecule has 5 heteroatoms. The zero-order chi connectivity index (χ0) is 17.8. The Morgan fingerprint density at radius 3 is 2.28 bits per heavy atom. The maximum absolute atomic E-state index is 13.2. The average Bonchev–Trinajstić information content (AvgIpc) is 3.22. The maximum atomic E-state index is 13.2. The molecular weight excluding hydrogens is 338 g/mol. The van der Waals surface area contributed by atoms with Crippen LogP contribution in [0.15, 0.2) is 42.0 Å². The minimum atomic E-state index is -0.777. The molecule has 4 nitrogen and oxygen atoms in total. The number of allylic oxidation sites excluding steroid dienone is 1. The van der Waals surface area contributed by atoms with Crippen molar-refractivity contribution < 1.29 is 14.7 Å². The molecular formula is C20H18ClNO3. The van der Waals surface area contributed by atoms with E-state index in [1.54, 1.807) is 18.2 Å². The van der Waals surface area contributed by atoms with Gasteiger partial charge in [-0.1, -0.05) is 36.6 Å². The average molecular weight is 356 g/mol. The van der Waals surface area contributed by atoms with Gasteiger partial charge in [0.25, 0.3) is 0 Å². The highest BCUT2D eigenvalue weighted by Gasteiger charge is 2.50. The molecule has 25 heavy (non-hydrogen) atoms. The number of aliphatic hydroxyl groups excluding tert-OH is 1. The number of carbonyl (C=O) groups is 2. The molecule has 1 aliphatic carbocycles. The summed E-state index contributed by atoms with van der Waals surface area (Å²) in [6.45, 7) is 1.34. The molecule has 0 atom stereocenters. The Morgan fingerprint density at radius 1 is 1.08 bits per heavy atom. The second-order valence-electron chi connectivity index (χ2n) is 6.79. The van der Waals surface area contributed by atoms with Gasteiger partial charge in [-0.2, -0.15) is 0 Å². The first-order chi connectivity index (χ1) is 12.0. The minimum absolute atomic E-state index is 0.0600. The molecule has 4 rings (SSSR count). The van der Waals surface area contributed by atoms with Gasteiger partial charge >= 0.3 is 0 Å². The van der Waals surface area contributed by atoms with Crippen LogP contribution in [0.25, 0.3) is 17.0 Å². The van der Waals surface area contributed by atoms with E-state index < -0.39 is 5.54 Å². The molecule has 1 fully saturated rings. The number of benzene rings is 1. The Bertz CT molecular complexity index is 915. The van der Waals surface area contributed by atoms with Crippen molar-refractivity contribution in [2.45, 2.75) is 38.1 Å². The Kier molecular flexibility index (Phi) is 3.62. The van der Waals surface area contributed by atoms with Gasteiger partial charge in [-0.25, -0.2) is 0 Å². The molecule has 0 unspecified atom stereocenters. The summed E-state index contributed by atoms with van der Waals surface area (Å²) in [7, 11) is 0. The molecule has 0 amide bonds. The van der Waals surface area contributed by atoms with Gasteiger partial charge in [0.2, 0.25) is 0 Å². The first kappa shape index (κ1) is 16.2. The van der Waals surface area contributed by atoms with Crippen LogP contribution in [0.5, 0.6) is 0 Å². The number of aliphatic hydroxyl groups is 1. The molecule has 0 saturated heterocycles. The molecule has 2 aliphatic rings. The fourth-order valence-corrected chi connectivity index (χ4v) is 4.36. The normalized spacial score (nSPS) is 18.7. The monoisotopic (exact) mass is 355 g/mol. The van der Waals surface area contributed by atoms with Gasteiger partial charge in [0.05, 0.1) is 5.69 Å². The van der Waals surface area contributed by atoms with Crippen molar-refractivity contribution in [2.24, 2.45) is 0 Å². The molecule has 1 aromatic heterocycles. The smallest absolute Gasteiger partial charge is 0.196 e. The van der Waals surface area contributed by atoms with Crippen molar-refractivity contribution in [2.75, 3.05) is 0 Å². The van der Waals surface area contributed by atoms with Crippen molar-refractivity contribution in [1.29, 1.82) is 0 Å². The first-order valence-electron chi connectivity index (χ1n) is 8.43. The van der Waals surface area contributed by atoms with E-state index in [0.29, 0.717) is 23.6 Å². The fourth-order valence-electron chi connectivity index (χ4n) is 4.24. The highest BCUT2D eigenvalue weighted by molar-refractivity contribution is 6.30. The van der Waals surface area contributed by atoms with Crippen LogP contribution in [-0.4, -0.2) is 21.2 Å². The molecule has 0 bridgehead atoms. The number of hydrogen-bond donors (Lipinski definition) is 1. The van der Waals surface area contributed by atoms with Crippen LogP contribution in [0.4, 0.5) is 0 Å². The first-order valence-corrected chi connectivity index (χ1v) is 8.81. The quantitative estimate of drug-likeness (QED) is 0.806. The van der Waals surface area contributed by atoms with Crippen LogP contribution in [0.1, 0.15) is 38.3 Å². The molecule has 128 valence electrons. The van der Waals surface area contributed by atoms with Gasteiger partial charge in [-0.3, -0.25) is 9.59 Å². The molecule has 1 saturated carbocycles. The highest BCUT2D eigenvalue weighted by Crippen LogP contribution is 2.48. The standard InChI is InChI=1S/C20H18ClNO3/c1-12(23)17-18(24)16-9-8-15(13-4-6-14(21)7-5-13)22(16)20(19(17)25)10-2-3-11-20/h4-9,24H,2-3,10-11H2,1H3. The third kappa shape index (κ3) is 2.20. The number of rotatable bonds is 2. The van der Waals surface area contributed by atoms with Gasteiger partial charge < -0.3 is 9.67 Å². The van der Waals surface area contributed by atoms with Crippen LogP contribution in [-0.2, 0) is 15.1 Å². The Morgan fingerprint density at radius 2 is 1.68 bits per heavy atom. The summed E-state index contributed by atoms with van der Waals surface area (Å²) in [5.41, 5.74) is 1.48. The number of carbonyl (C=O) groups excluding carboxylic acids is 2. The minimum Gasteiger partial charge on any atom is -0.505 e. The Balaban J connectivity index is 2.01. The summed E-state index contributed by atoms with van der Waals surface area (Å²) in [6.07, 6.45) is 3.21. The highest BCUT2D eigenvalue weighted by atomic mass is 35.5. The van der Waals surface area contributed by atoms with Crippen LogP contribution < -0.4 is 0 Å². The van der Waals surface area contributed by atoms with Gasteiger partial charge in [-0.05, 0) is 49.6 Å². The number of halogens is 1. The summed E-state index contributed by atoms with van der Waals surface area (Å²) in [5, 5.41) is 11.2. The molecule has 1 spiro atoms. The number of aromatic nitrogens is 1. The molecule has 1 aromatic carbocycles. The topological polar surface area (TPSA) is 59.3 Å². The largest absolute Gasteiger partial charge is 0.505 e. The summed E-state index contributed by atoms with van der Waals surface area (Å²) in [5.74, 6) is -0.849. The molecule has 0 radical (unpaired) electrons. The van der Waals surface area contributed by atoms with Crippen molar-refractivity contribution in [3.05, 3.63) is 52.7 Å². The lowest BCUT2D eigenvalue weighted by molar-refractivity contribution is -0.126. The second kappa shape index (κ2) is 5.60. The summed E-state index contributed by atoms with van der Waals surface area (Å²) < 4.78 is 1.94. The van der Waals surface area contributed by atoms with Gasteiger partial charge in [-0.15, -0.1) is 0 Å². The van der Waals surface area contributed by atoms with Crippen molar-refractivity contribution in [1.82, 2.24) is 4.57 Å². The summed E-state index contributed by atoms with van der Waals surface area (Å²) >= 11 is 5.99. The number of ketones is 2. The zero-order valence-electron chi connectivity index (χ0n) is 13.9. The van der Waals surface area contributed by atoms with Gasteiger partial charge in [0.15, 0.2) is 17.3 Å². The number of fused-ring (bicyclic) bond motifs is 2. The van der Waals surface area contributed by atoms with E-state index in [4.69, 9.17) is 11.6 Å². The van der Waals surface area contributed by atoms with Crippen molar-refractivity contribution in [3.63, 3.8) is 0 Å². The zero-order valence-corrected chi connectivity index (χ0v) is 14.6. The van der Waals surface area contributed by atoms with Gasteiger partial charge in [0, 0.05) is 10.7 Å². The third-order valence-electron chi connectivity index (χ3n) is 5.36. The van der Waals surface area contributed by atoms with E-state index >= 15 is 0 Å². The lowest BCUT2D eigenvalue weighted by Crippen LogP contribution is -2.45. The number of nitrogens with zero attached hydrogens (tertiary/aromatic N) is 1. The van der Waals surface area contributed by atoms with Crippen molar-refractivity contribution in [3.8, 4) is 11.3 Å². The number of hydrogen-bond acceptors (Lipinski definition) is 3. The van der Waals surface area contributed by atoms with Crippen LogP contribution in [0.3, 0.4) is 0 Å². The van der Waals surface area contributed by atoms with E-state index in [2.05, 4.69) is 0 Å². The summed E-state index contributed by atoms with van der Waals surface area (Å²) in [4.78, 5) is 25.2. The molecule has 1 aliphatic heterocycles. The van der Waals surface area contributed by atoms with Crippen LogP contribution in [0.2, 0.25) is 5.02 Å². The van der Waals surface area contributed by atoms with E-state index in [0.717, 1.165) is 24.1 Å². The molecule has 2 heterocycles. The SMILES string of the molecule is CC(=O)C1=C(O)c2ccc(-c3ccc(Cl)cc3)n2C2(CCCC2)C1=O. The van der Waals surface area contributed by atoms with E-state index in [1.165, 1.54) is 6.92 Å². The van der Waals surface area contributed by atoms with Crippen molar-refractivity contribution >= 4 is 28.9 Å². The fraction of sp³-hybridized carbons (Fsp3) is 0.300. The lowest BCUT2D eigenvalue weighted by atomic mass is 9.81. The van der Waals surface area contributed by atoms with Gasteiger partial charge in [0.1, 0.15) is 11.1 Å². The number of Topliss-reactive ketones (excluding diaryl/α,β-unsaturated/α-hetero) is 2. The maximum Gasteiger partial charge on any atom is 0.196 e. The lowest BCUT2D eigenvalue weighted by Gasteiger charge is -2.37. The predicted octanol–water partition coefficient (Wildman–Crippen LogP) is 4.52. The third-order valence-corrected chi connectivity index (χ3v) is 5.61. The Labute approximate surface area is 150 Å². The van der Waals surface area contributed by atoms with E-state index in [-0.39, 0.29) is 22.9 Å². The Hall–Kier alpha value is -2.33. The van der Waals surface area contributed by atoms with Crippen LogP contribution in [0, 0.1) is 0 Å². The summed E-state index contributed by atoms with van der Waals surface area (Å²) in [6, 6.07) is 11.1. The van der Waals surface area contributed by atoms with E-state index in [1.807, 2.05) is 22.8 Å². The van der Waals surface area contributed by atoms with E-state index in [9.17, 15) is 14.7 Å². The second-order valence-corrected chi connectivity index (χ2v) is 7.23. The molecule has 2 aromatic rings. The predicted molar refractivity (Wildman–Crippen MR) is 96.6 cm³/mol. The molecule has 1 N–H and O–H groups in total.